The summed E-state index contributed by atoms with van der Waals surface area (Å²) < 4.78 is 39.9. The van der Waals surface area contributed by atoms with Crippen molar-refractivity contribution in [2.45, 2.75) is 26.6 Å². The van der Waals surface area contributed by atoms with Gasteiger partial charge in [0.05, 0.1) is 9.75 Å². The molecule has 0 aliphatic carbocycles. The quantitative estimate of drug-likeness (QED) is 0.801. The van der Waals surface area contributed by atoms with Crippen LogP contribution in [0, 0.1) is 0 Å². The van der Waals surface area contributed by atoms with Crippen LogP contribution >= 0.6 is 11.3 Å². The predicted octanol–water partition coefficient (Wildman–Crippen LogP) is 3.85. The molecule has 2 rings (SSSR count). The molecule has 0 fully saturated rings. The van der Waals surface area contributed by atoms with Crippen LogP contribution in [0.15, 0.2) is 18.2 Å². The number of hydrogen-bond acceptors (Lipinski definition) is 3. The molecule has 0 amide bonds. The minimum Gasteiger partial charge on any atom is -0.294 e. The molecule has 0 saturated carbocycles. The topological polar surface area (TPSA) is 34.9 Å². The summed E-state index contributed by atoms with van der Waals surface area (Å²) in [6.07, 6.45) is 0. The van der Waals surface area contributed by atoms with Crippen molar-refractivity contribution in [3.05, 3.63) is 28.8 Å². The molecule has 0 aromatic carbocycles. The number of nitrogens with zero attached hydrogens (tertiary/aromatic N) is 2. The van der Waals surface area contributed by atoms with Gasteiger partial charge < -0.3 is 0 Å². The maximum absolute atomic E-state index is 13.3. The highest BCUT2D eigenvalue weighted by Gasteiger charge is 2.30. The van der Waals surface area contributed by atoms with Crippen LogP contribution in [0.2, 0.25) is 0 Å². The lowest BCUT2D eigenvalue weighted by atomic mass is 10.2. The normalized spacial score (nSPS) is 11.8. The van der Waals surface area contributed by atoms with Gasteiger partial charge in [0.15, 0.2) is 12.6 Å². The summed E-state index contributed by atoms with van der Waals surface area (Å²) in [6.45, 7) is 0.987. The zero-order chi connectivity index (χ0) is 14.2. The van der Waals surface area contributed by atoms with Gasteiger partial charge in [-0.05, 0) is 25.1 Å². The Labute approximate surface area is 111 Å². The number of Topliss-reactive ketones (excluding diaryl/α,β-unsaturated/α-hetero) is 1. The number of hydrogen-bond donors (Lipinski definition) is 0. The molecule has 0 aliphatic rings. The Bertz CT molecular complexity index is 613. The third-order valence-corrected chi connectivity index (χ3v) is 3.76. The van der Waals surface area contributed by atoms with E-state index in [4.69, 9.17) is 0 Å². The van der Waals surface area contributed by atoms with Crippen molar-refractivity contribution >= 4 is 17.1 Å². The van der Waals surface area contributed by atoms with Gasteiger partial charge in [-0.2, -0.15) is 13.9 Å². The first-order valence-corrected chi connectivity index (χ1v) is 6.28. The van der Waals surface area contributed by atoms with E-state index in [1.54, 1.807) is 12.1 Å². The fourth-order valence-electron chi connectivity index (χ4n) is 1.65. The number of halogens is 3. The molecule has 2 heterocycles. The maximum atomic E-state index is 13.3. The summed E-state index contributed by atoms with van der Waals surface area (Å²) in [4.78, 5) is 12.2. The summed E-state index contributed by atoms with van der Waals surface area (Å²) >= 11 is 1.14. The Balaban J connectivity index is 2.45. The molecule has 0 N–H and O–H groups in total. The van der Waals surface area contributed by atoms with E-state index in [1.165, 1.54) is 6.92 Å². The third kappa shape index (κ3) is 2.70. The van der Waals surface area contributed by atoms with Gasteiger partial charge >= 0.3 is 0 Å². The molecule has 0 radical (unpaired) electrons. The molecule has 2 aromatic rings. The van der Waals surface area contributed by atoms with Crippen LogP contribution in [0.1, 0.15) is 29.2 Å². The van der Waals surface area contributed by atoms with Crippen LogP contribution in [0.5, 0.6) is 0 Å². The molecule has 3 nitrogen and oxygen atoms in total. The van der Waals surface area contributed by atoms with Crippen molar-refractivity contribution < 1.29 is 18.0 Å². The van der Waals surface area contributed by atoms with Gasteiger partial charge in [0.2, 0.25) is 0 Å². The number of carbonyl (C=O) groups is 1. The Kier molecular flexibility index (Phi) is 3.49. The van der Waals surface area contributed by atoms with Crippen LogP contribution in [-0.4, -0.2) is 15.6 Å². The molecule has 2 aromatic heterocycles. The Morgan fingerprint density at radius 3 is 2.58 bits per heavy atom. The number of rotatable bonds is 4. The van der Waals surface area contributed by atoms with Gasteiger partial charge in [-0.25, -0.2) is 9.07 Å². The van der Waals surface area contributed by atoms with Gasteiger partial charge in [0.1, 0.15) is 11.4 Å². The number of thiophene rings is 1. The largest absolute Gasteiger partial charge is 0.294 e. The van der Waals surface area contributed by atoms with E-state index in [9.17, 15) is 18.0 Å². The van der Waals surface area contributed by atoms with E-state index in [0.29, 0.717) is 21.4 Å². The number of ketones is 1. The minimum absolute atomic E-state index is 0.109. The zero-order valence-electron chi connectivity index (χ0n) is 10.3. The lowest BCUT2D eigenvalue weighted by Gasteiger charge is -2.09. The SMILES string of the molecule is CC(=O)c1ccc(-c2cc(C(C)(F)F)n(CF)n2)s1. The van der Waals surface area contributed by atoms with E-state index < -0.39 is 18.4 Å². The highest BCUT2D eigenvalue weighted by Crippen LogP contribution is 2.33. The molecule has 0 spiro atoms. The Hall–Kier alpha value is -1.63. The molecule has 0 bridgehead atoms. The van der Waals surface area contributed by atoms with Gasteiger partial charge in [-0.3, -0.25) is 4.79 Å². The number of alkyl halides is 3. The van der Waals surface area contributed by atoms with Crippen molar-refractivity contribution in [2.24, 2.45) is 0 Å². The minimum atomic E-state index is -3.17. The molecule has 0 aliphatic heterocycles. The van der Waals surface area contributed by atoms with Gasteiger partial charge in [-0.1, -0.05) is 0 Å². The molecule has 102 valence electrons. The monoisotopic (exact) mass is 288 g/mol. The van der Waals surface area contributed by atoms with E-state index in [2.05, 4.69) is 5.10 Å². The second-order valence-electron chi connectivity index (χ2n) is 4.14. The van der Waals surface area contributed by atoms with E-state index in [-0.39, 0.29) is 11.5 Å². The average Bonchev–Trinajstić information content (AvgIpc) is 2.94. The first-order valence-electron chi connectivity index (χ1n) is 5.46. The van der Waals surface area contributed by atoms with Crippen molar-refractivity contribution in [2.75, 3.05) is 0 Å². The molecule has 0 unspecified atom stereocenters. The fourth-order valence-corrected chi connectivity index (χ4v) is 2.50. The number of carbonyl (C=O) groups excluding carboxylic acids is 1. The summed E-state index contributed by atoms with van der Waals surface area (Å²) in [6, 6.07) is 4.36. The first-order chi connectivity index (χ1) is 8.82. The summed E-state index contributed by atoms with van der Waals surface area (Å²) in [7, 11) is 0. The van der Waals surface area contributed by atoms with Gasteiger partial charge in [0, 0.05) is 6.92 Å². The smallest absolute Gasteiger partial charge is 0.286 e. The molecule has 19 heavy (non-hydrogen) atoms. The van der Waals surface area contributed by atoms with Crippen LogP contribution in [0.4, 0.5) is 13.2 Å². The van der Waals surface area contributed by atoms with Crippen molar-refractivity contribution in [1.82, 2.24) is 9.78 Å². The summed E-state index contributed by atoms with van der Waals surface area (Å²) in [5, 5.41) is 3.80. The average molecular weight is 288 g/mol. The van der Waals surface area contributed by atoms with Gasteiger partial charge in [-0.15, -0.1) is 11.3 Å². The van der Waals surface area contributed by atoms with Crippen LogP contribution in [0.25, 0.3) is 10.6 Å². The predicted molar refractivity (Wildman–Crippen MR) is 66.2 cm³/mol. The first kappa shape index (κ1) is 13.8. The number of aromatic nitrogens is 2. The molecule has 0 saturated heterocycles. The Morgan fingerprint density at radius 2 is 2.16 bits per heavy atom. The van der Waals surface area contributed by atoms with E-state index in [0.717, 1.165) is 17.4 Å². The van der Waals surface area contributed by atoms with Crippen molar-refractivity contribution in [1.29, 1.82) is 0 Å². The van der Waals surface area contributed by atoms with Crippen molar-refractivity contribution in [3.63, 3.8) is 0 Å². The second kappa shape index (κ2) is 4.80. The molecular formula is C12H11F3N2OS. The van der Waals surface area contributed by atoms with Crippen LogP contribution in [0.3, 0.4) is 0 Å². The second-order valence-corrected chi connectivity index (χ2v) is 5.23. The van der Waals surface area contributed by atoms with Crippen LogP contribution in [-0.2, 0) is 12.7 Å². The highest BCUT2D eigenvalue weighted by molar-refractivity contribution is 7.17. The summed E-state index contributed by atoms with van der Waals surface area (Å²) in [5.74, 6) is -3.28. The third-order valence-electron chi connectivity index (χ3n) is 2.55. The van der Waals surface area contributed by atoms with E-state index >= 15 is 0 Å². The molecule has 0 atom stereocenters. The molecular weight excluding hydrogens is 277 g/mol. The van der Waals surface area contributed by atoms with Gasteiger partial charge in [0.25, 0.3) is 5.92 Å². The standard InChI is InChI=1S/C12H11F3N2OS/c1-7(18)9-3-4-10(19-9)8-5-11(12(2,14)15)17(6-13)16-8/h3-5H,6H2,1-2H3. The maximum Gasteiger partial charge on any atom is 0.286 e. The molecule has 7 heteroatoms. The highest BCUT2D eigenvalue weighted by atomic mass is 32.1. The lowest BCUT2D eigenvalue weighted by Crippen LogP contribution is -2.14. The fraction of sp³-hybridized carbons (Fsp3) is 0.333. The lowest BCUT2D eigenvalue weighted by molar-refractivity contribution is 0.00546. The van der Waals surface area contributed by atoms with Crippen molar-refractivity contribution in [3.8, 4) is 10.6 Å². The zero-order valence-corrected chi connectivity index (χ0v) is 11.1. The van der Waals surface area contributed by atoms with E-state index in [1.807, 2.05) is 0 Å². The summed E-state index contributed by atoms with van der Waals surface area (Å²) in [5.41, 5.74) is -0.241. The Morgan fingerprint density at radius 1 is 1.47 bits per heavy atom. The van der Waals surface area contributed by atoms with Crippen LogP contribution < -0.4 is 0 Å².